The van der Waals surface area contributed by atoms with Crippen molar-refractivity contribution in [2.24, 2.45) is 5.92 Å². The van der Waals surface area contributed by atoms with Crippen LogP contribution in [0.15, 0.2) is 102 Å². The quantitative estimate of drug-likeness (QED) is 0.432. The van der Waals surface area contributed by atoms with Gasteiger partial charge in [0.1, 0.15) is 0 Å². The zero-order valence-corrected chi connectivity index (χ0v) is 17.2. The summed E-state index contributed by atoms with van der Waals surface area (Å²) in [5.74, 6) is 7.05. The Labute approximate surface area is 169 Å². The van der Waals surface area contributed by atoms with Crippen LogP contribution >= 0.6 is 7.92 Å². The zero-order chi connectivity index (χ0) is 19.3. The molecule has 2 unspecified atom stereocenters. The maximum Gasteiger partial charge on any atom is 0.0669 e. The molecule has 0 aliphatic heterocycles. The van der Waals surface area contributed by atoms with Crippen LogP contribution < -0.4 is 10.6 Å². The summed E-state index contributed by atoms with van der Waals surface area (Å²) < 4.78 is 0. The minimum atomic E-state index is -0.629. The van der Waals surface area contributed by atoms with Gasteiger partial charge >= 0.3 is 0 Å². The summed E-state index contributed by atoms with van der Waals surface area (Å²) in [6, 6.07) is 32.7. The van der Waals surface area contributed by atoms with Crippen molar-refractivity contribution in [3.63, 3.8) is 0 Å². The van der Waals surface area contributed by atoms with Crippen LogP contribution in [0.1, 0.15) is 11.6 Å². The van der Waals surface area contributed by atoms with Crippen LogP contribution in [0.4, 0.5) is 0 Å². The average molecular weight is 381 g/mol. The summed E-state index contributed by atoms with van der Waals surface area (Å²) in [4.78, 5) is 2.30. The van der Waals surface area contributed by atoms with Crippen LogP contribution in [0.2, 0.25) is 0 Å². The fraction of sp³-hybridized carbons (Fsp3) is 0.154. The van der Waals surface area contributed by atoms with Gasteiger partial charge in [-0.1, -0.05) is 103 Å². The van der Waals surface area contributed by atoms with E-state index in [2.05, 4.69) is 128 Å². The van der Waals surface area contributed by atoms with E-state index in [1.54, 1.807) is 0 Å². The fourth-order valence-electron chi connectivity index (χ4n) is 3.85. The van der Waals surface area contributed by atoms with Crippen molar-refractivity contribution in [2.75, 3.05) is 14.1 Å². The predicted molar refractivity (Wildman–Crippen MR) is 121 cm³/mol. The number of hydrogen-bond acceptors (Lipinski definition) is 1. The Bertz CT molecular complexity index is 958. The maximum absolute atomic E-state index is 3.54. The van der Waals surface area contributed by atoms with E-state index in [1.165, 1.54) is 21.5 Å². The second kappa shape index (κ2) is 8.57. The summed E-state index contributed by atoms with van der Waals surface area (Å²) >= 11 is 0. The highest BCUT2D eigenvalue weighted by Crippen LogP contribution is 2.51. The topological polar surface area (TPSA) is 3.24 Å². The lowest BCUT2D eigenvalue weighted by Gasteiger charge is -2.33. The minimum absolute atomic E-state index is 0.184. The Morgan fingerprint density at radius 1 is 0.750 bits per heavy atom. The molecule has 3 aromatic carbocycles. The van der Waals surface area contributed by atoms with Gasteiger partial charge in [-0.25, -0.2) is 0 Å². The predicted octanol–water partition coefficient (Wildman–Crippen LogP) is 4.94. The van der Waals surface area contributed by atoms with Gasteiger partial charge in [0, 0.05) is 0 Å². The van der Waals surface area contributed by atoms with Crippen molar-refractivity contribution >= 4 is 18.5 Å². The summed E-state index contributed by atoms with van der Waals surface area (Å²) in [6.07, 6.45) is 2.18. The number of allylic oxidation sites excluding steroid dienone is 1. The molecule has 4 rings (SSSR count). The van der Waals surface area contributed by atoms with Crippen LogP contribution in [0.25, 0.3) is 0 Å². The summed E-state index contributed by atoms with van der Waals surface area (Å²) in [7, 11) is 3.68. The van der Waals surface area contributed by atoms with E-state index in [9.17, 15) is 0 Å². The molecule has 0 saturated heterocycles. The number of hydrogen-bond donors (Lipinski definition) is 0. The molecule has 0 saturated carbocycles. The van der Waals surface area contributed by atoms with E-state index in [0.717, 1.165) is 0 Å². The van der Waals surface area contributed by atoms with Gasteiger partial charge in [-0.3, -0.25) is 0 Å². The third kappa shape index (κ3) is 3.81. The molecule has 0 heterocycles. The van der Waals surface area contributed by atoms with Gasteiger partial charge in [0.15, 0.2) is 0 Å². The van der Waals surface area contributed by atoms with Gasteiger partial charge in [-0.15, -0.1) is 0 Å². The molecule has 0 spiro atoms. The van der Waals surface area contributed by atoms with E-state index in [1.807, 2.05) is 0 Å². The van der Waals surface area contributed by atoms with Crippen molar-refractivity contribution in [3.05, 3.63) is 108 Å². The smallest absolute Gasteiger partial charge is 0.0669 e. The molecule has 28 heavy (non-hydrogen) atoms. The Morgan fingerprint density at radius 3 is 1.75 bits per heavy atom. The standard InChI is InChI=1S/C26H24NP/c1-27(2)26(21-13-6-3-7-14-21)24-19-12-20-25(24)28(22-15-8-4-9-16-22)23-17-10-5-11-18-23/h3-11,13-18,20,24,26H,1-2H3. The van der Waals surface area contributed by atoms with Gasteiger partial charge < -0.3 is 4.90 Å². The van der Waals surface area contributed by atoms with Crippen molar-refractivity contribution in [1.82, 2.24) is 4.90 Å². The molecule has 0 aromatic heterocycles. The van der Waals surface area contributed by atoms with Crippen molar-refractivity contribution < 1.29 is 0 Å². The van der Waals surface area contributed by atoms with Crippen LogP contribution in [0, 0.1) is 17.8 Å². The van der Waals surface area contributed by atoms with Gasteiger partial charge in [-0.05, 0) is 49.6 Å². The molecule has 0 radical (unpaired) electrons. The Hall–Kier alpha value is -2.65. The molecule has 1 nitrogen and oxygen atoms in total. The zero-order valence-electron chi connectivity index (χ0n) is 16.3. The van der Waals surface area contributed by atoms with Gasteiger partial charge in [-0.2, -0.15) is 0 Å². The van der Waals surface area contributed by atoms with E-state index in [4.69, 9.17) is 0 Å². The third-order valence-electron chi connectivity index (χ3n) is 5.08. The highest BCUT2D eigenvalue weighted by molar-refractivity contribution is 7.76. The van der Waals surface area contributed by atoms with Crippen LogP contribution in [0.3, 0.4) is 0 Å². The summed E-state index contributed by atoms with van der Waals surface area (Å²) in [5.41, 5.74) is 1.32. The summed E-state index contributed by atoms with van der Waals surface area (Å²) in [5, 5.41) is 4.15. The molecule has 1 aliphatic carbocycles. The SMILES string of the molecule is CN(C)C(c1ccccc1)C1C#CC=C1P(c1ccccc1)c1ccccc1. The number of benzene rings is 3. The van der Waals surface area contributed by atoms with Crippen LogP contribution in [-0.4, -0.2) is 19.0 Å². The van der Waals surface area contributed by atoms with Crippen molar-refractivity contribution in [1.29, 1.82) is 0 Å². The van der Waals surface area contributed by atoms with Gasteiger partial charge in [0.25, 0.3) is 0 Å². The molecule has 0 fully saturated rings. The number of nitrogens with zero attached hydrogens (tertiary/aromatic N) is 1. The first kappa shape index (κ1) is 18.7. The largest absolute Gasteiger partial charge is 0.301 e. The lowest BCUT2D eigenvalue weighted by atomic mass is 9.93. The Balaban J connectivity index is 1.79. The third-order valence-corrected chi connectivity index (χ3v) is 7.63. The fourth-order valence-corrected chi connectivity index (χ4v) is 6.37. The van der Waals surface area contributed by atoms with Crippen molar-refractivity contribution in [3.8, 4) is 11.8 Å². The first-order valence-electron chi connectivity index (χ1n) is 9.58. The molecule has 138 valence electrons. The minimum Gasteiger partial charge on any atom is -0.301 e. The monoisotopic (exact) mass is 381 g/mol. The van der Waals surface area contributed by atoms with Crippen molar-refractivity contribution in [2.45, 2.75) is 6.04 Å². The Morgan fingerprint density at radius 2 is 1.25 bits per heavy atom. The molecule has 1 aliphatic rings. The first-order valence-corrected chi connectivity index (χ1v) is 10.9. The highest BCUT2D eigenvalue weighted by atomic mass is 31.1. The highest BCUT2D eigenvalue weighted by Gasteiger charge is 2.33. The van der Waals surface area contributed by atoms with E-state index in [-0.39, 0.29) is 12.0 Å². The normalized spacial score (nSPS) is 16.6. The van der Waals surface area contributed by atoms with E-state index >= 15 is 0 Å². The molecule has 3 aromatic rings. The second-order valence-electron chi connectivity index (χ2n) is 7.16. The first-order chi connectivity index (χ1) is 13.8. The summed E-state index contributed by atoms with van der Waals surface area (Å²) in [6.45, 7) is 0. The molecular weight excluding hydrogens is 357 g/mol. The second-order valence-corrected chi connectivity index (χ2v) is 9.38. The average Bonchev–Trinajstić information content (AvgIpc) is 3.19. The lowest BCUT2D eigenvalue weighted by molar-refractivity contribution is 0.269. The number of rotatable bonds is 6. The van der Waals surface area contributed by atoms with E-state index in [0.29, 0.717) is 0 Å². The maximum atomic E-state index is 3.54. The van der Waals surface area contributed by atoms with Gasteiger partial charge in [0.2, 0.25) is 0 Å². The molecular formula is C26H24NP. The molecule has 0 N–H and O–H groups in total. The van der Waals surface area contributed by atoms with E-state index < -0.39 is 7.92 Å². The lowest BCUT2D eigenvalue weighted by Crippen LogP contribution is -2.28. The molecule has 0 bridgehead atoms. The van der Waals surface area contributed by atoms with Gasteiger partial charge in [0.05, 0.1) is 12.0 Å². The molecule has 2 heteroatoms. The molecule has 0 amide bonds. The van der Waals surface area contributed by atoms with Crippen LogP contribution in [-0.2, 0) is 0 Å². The molecule has 2 atom stereocenters. The Kier molecular flexibility index (Phi) is 5.73. The van der Waals surface area contributed by atoms with Crippen LogP contribution in [0.5, 0.6) is 0 Å².